The lowest BCUT2D eigenvalue weighted by atomic mass is 9.82. The van der Waals surface area contributed by atoms with Crippen molar-refractivity contribution in [2.75, 3.05) is 6.54 Å². The maximum atomic E-state index is 3.82. The highest BCUT2D eigenvalue weighted by atomic mass is 14.9. The van der Waals surface area contributed by atoms with Crippen molar-refractivity contribution < 1.29 is 0 Å². The molecular formula is C18H35N. The minimum atomic E-state index is 0.824. The van der Waals surface area contributed by atoms with Crippen molar-refractivity contribution in [3.8, 4) is 0 Å². The Hall–Kier alpha value is -0.0400. The van der Waals surface area contributed by atoms with Crippen molar-refractivity contribution in [1.82, 2.24) is 5.32 Å². The van der Waals surface area contributed by atoms with Gasteiger partial charge in [-0.25, -0.2) is 0 Å². The van der Waals surface area contributed by atoms with E-state index >= 15 is 0 Å². The molecule has 0 spiro atoms. The molecule has 1 atom stereocenters. The van der Waals surface area contributed by atoms with Crippen molar-refractivity contribution in [1.29, 1.82) is 0 Å². The molecule has 0 aromatic heterocycles. The zero-order chi connectivity index (χ0) is 13.3. The van der Waals surface area contributed by atoms with Crippen LogP contribution in [0.3, 0.4) is 0 Å². The summed E-state index contributed by atoms with van der Waals surface area (Å²) in [4.78, 5) is 0. The molecule has 1 nitrogen and oxygen atoms in total. The first-order valence-electron chi connectivity index (χ1n) is 9.13. The number of hydrogen-bond acceptors (Lipinski definition) is 1. The van der Waals surface area contributed by atoms with Crippen LogP contribution < -0.4 is 5.32 Å². The number of nitrogens with one attached hydrogen (secondary N) is 1. The van der Waals surface area contributed by atoms with E-state index in [4.69, 9.17) is 0 Å². The first-order valence-corrected chi connectivity index (χ1v) is 9.13. The maximum absolute atomic E-state index is 3.82. The Morgan fingerprint density at radius 2 is 1.42 bits per heavy atom. The van der Waals surface area contributed by atoms with Gasteiger partial charge in [0.05, 0.1) is 0 Å². The molecule has 2 saturated carbocycles. The predicted octanol–water partition coefficient (Wildman–Crippen LogP) is 5.30. The molecule has 2 rings (SSSR count). The van der Waals surface area contributed by atoms with Crippen LogP contribution in [0.5, 0.6) is 0 Å². The lowest BCUT2D eigenvalue weighted by Gasteiger charge is -2.29. The van der Waals surface area contributed by atoms with Gasteiger partial charge in [-0.15, -0.1) is 0 Å². The van der Waals surface area contributed by atoms with Crippen molar-refractivity contribution in [2.24, 2.45) is 11.8 Å². The van der Waals surface area contributed by atoms with E-state index in [2.05, 4.69) is 12.2 Å². The Kier molecular flexibility index (Phi) is 7.27. The molecule has 0 heterocycles. The van der Waals surface area contributed by atoms with Gasteiger partial charge >= 0.3 is 0 Å². The molecule has 0 radical (unpaired) electrons. The van der Waals surface area contributed by atoms with Crippen molar-refractivity contribution in [3.63, 3.8) is 0 Å². The largest absolute Gasteiger partial charge is 0.314 e. The normalized spacial score (nSPS) is 25.1. The van der Waals surface area contributed by atoms with E-state index in [0.29, 0.717) is 0 Å². The van der Waals surface area contributed by atoms with Gasteiger partial charge in [-0.2, -0.15) is 0 Å². The highest BCUT2D eigenvalue weighted by molar-refractivity contribution is 4.80. The first kappa shape index (κ1) is 15.4. The van der Waals surface area contributed by atoms with Crippen LogP contribution in [-0.2, 0) is 0 Å². The molecule has 112 valence electrons. The average molecular weight is 265 g/mol. The summed E-state index contributed by atoms with van der Waals surface area (Å²) in [5, 5.41) is 3.82. The van der Waals surface area contributed by atoms with Gasteiger partial charge in [-0.1, -0.05) is 64.7 Å². The first-order chi connectivity index (χ1) is 9.40. The van der Waals surface area contributed by atoms with Crippen LogP contribution in [0.2, 0.25) is 0 Å². The Morgan fingerprint density at radius 3 is 2.05 bits per heavy atom. The third-order valence-electron chi connectivity index (χ3n) is 5.55. The Bertz CT molecular complexity index is 212. The van der Waals surface area contributed by atoms with E-state index in [1.165, 1.54) is 83.5 Å². The summed E-state index contributed by atoms with van der Waals surface area (Å²) in [5.41, 5.74) is 0. The van der Waals surface area contributed by atoms with Crippen molar-refractivity contribution >= 4 is 0 Å². The highest BCUT2D eigenvalue weighted by Gasteiger charge is 2.23. The van der Waals surface area contributed by atoms with Gasteiger partial charge in [0.25, 0.3) is 0 Å². The summed E-state index contributed by atoms with van der Waals surface area (Å²) >= 11 is 0. The van der Waals surface area contributed by atoms with Gasteiger partial charge in [0.1, 0.15) is 0 Å². The van der Waals surface area contributed by atoms with Crippen LogP contribution in [0.25, 0.3) is 0 Å². The van der Waals surface area contributed by atoms with Gasteiger partial charge in [0, 0.05) is 6.04 Å². The Balaban J connectivity index is 1.76. The van der Waals surface area contributed by atoms with E-state index in [-0.39, 0.29) is 0 Å². The molecule has 2 aliphatic rings. The van der Waals surface area contributed by atoms with Crippen LogP contribution in [0.4, 0.5) is 0 Å². The third kappa shape index (κ3) is 5.45. The van der Waals surface area contributed by atoms with E-state index < -0.39 is 0 Å². The summed E-state index contributed by atoms with van der Waals surface area (Å²) < 4.78 is 0. The molecule has 2 fully saturated rings. The molecule has 0 bridgehead atoms. The fraction of sp³-hybridized carbons (Fsp3) is 1.00. The molecule has 0 saturated heterocycles. The van der Waals surface area contributed by atoms with Gasteiger partial charge in [0.15, 0.2) is 0 Å². The smallest absolute Gasteiger partial charge is 0.00953 e. The zero-order valence-electron chi connectivity index (χ0n) is 13.1. The molecule has 0 aliphatic heterocycles. The zero-order valence-corrected chi connectivity index (χ0v) is 13.1. The molecular weight excluding hydrogens is 230 g/mol. The van der Waals surface area contributed by atoms with Gasteiger partial charge < -0.3 is 5.32 Å². The molecule has 2 aliphatic carbocycles. The fourth-order valence-electron chi connectivity index (χ4n) is 4.37. The number of rotatable bonds is 6. The van der Waals surface area contributed by atoms with Crippen LogP contribution in [0.15, 0.2) is 0 Å². The lowest BCUT2D eigenvalue weighted by Crippen LogP contribution is -2.36. The van der Waals surface area contributed by atoms with Crippen LogP contribution in [0, 0.1) is 11.8 Å². The fourth-order valence-corrected chi connectivity index (χ4v) is 4.37. The molecule has 0 amide bonds. The van der Waals surface area contributed by atoms with Gasteiger partial charge in [-0.3, -0.25) is 0 Å². The van der Waals surface area contributed by atoms with Gasteiger partial charge in [-0.05, 0) is 44.1 Å². The molecule has 0 aromatic carbocycles. The topological polar surface area (TPSA) is 12.0 Å². The molecule has 1 N–H and O–H groups in total. The minimum absolute atomic E-state index is 0.824. The molecule has 1 unspecified atom stereocenters. The maximum Gasteiger partial charge on any atom is 0.00953 e. The SMILES string of the molecule is CCNC(CCC1CCCCC1)C1CCCCCC1. The number of hydrogen-bond donors (Lipinski definition) is 1. The molecule has 19 heavy (non-hydrogen) atoms. The standard InChI is InChI=1S/C18H35N/c1-2-19-18(17-12-8-3-4-9-13-17)15-14-16-10-6-5-7-11-16/h16-19H,2-15H2,1H3. The van der Waals surface area contributed by atoms with E-state index in [1.807, 2.05) is 0 Å². The Labute approximate surface area is 120 Å². The monoisotopic (exact) mass is 265 g/mol. The summed E-state index contributed by atoms with van der Waals surface area (Å²) in [7, 11) is 0. The predicted molar refractivity (Wildman–Crippen MR) is 84.5 cm³/mol. The second-order valence-corrected chi connectivity index (χ2v) is 7.00. The molecule has 0 aromatic rings. The summed E-state index contributed by atoms with van der Waals surface area (Å²) in [6, 6.07) is 0.824. The van der Waals surface area contributed by atoms with E-state index in [9.17, 15) is 0 Å². The van der Waals surface area contributed by atoms with E-state index in [1.54, 1.807) is 0 Å². The molecule has 1 heteroatoms. The minimum Gasteiger partial charge on any atom is -0.314 e. The quantitative estimate of drug-likeness (QED) is 0.643. The summed E-state index contributed by atoms with van der Waals surface area (Å²) in [6.45, 7) is 3.44. The van der Waals surface area contributed by atoms with Crippen molar-refractivity contribution in [3.05, 3.63) is 0 Å². The Morgan fingerprint density at radius 1 is 0.842 bits per heavy atom. The summed E-state index contributed by atoms with van der Waals surface area (Å²) in [6.07, 6.45) is 19.4. The van der Waals surface area contributed by atoms with E-state index in [0.717, 1.165) is 24.4 Å². The van der Waals surface area contributed by atoms with Crippen LogP contribution in [-0.4, -0.2) is 12.6 Å². The van der Waals surface area contributed by atoms with Gasteiger partial charge in [0.2, 0.25) is 0 Å². The third-order valence-corrected chi connectivity index (χ3v) is 5.55. The highest BCUT2D eigenvalue weighted by Crippen LogP contribution is 2.31. The van der Waals surface area contributed by atoms with Crippen molar-refractivity contribution in [2.45, 2.75) is 96.4 Å². The van der Waals surface area contributed by atoms with Crippen LogP contribution in [0.1, 0.15) is 90.4 Å². The van der Waals surface area contributed by atoms with Crippen LogP contribution >= 0.6 is 0 Å². The lowest BCUT2D eigenvalue weighted by molar-refractivity contribution is 0.263. The second-order valence-electron chi connectivity index (χ2n) is 7.00. The second kappa shape index (κ2) is 9.00. The summed E-state index contributed by atoms with van der Waals surface area (Å²) in [5.74, 6) is 2.03. The average Bonchev–Trinajstić information content (AvgIpc) is 2.73.